The maximum absolute atomic E-state index is 13.3. The van der Waals surface area contributed by atoms with Gasteiger partial charge in [0.2, 0.25) is 0 Å². The van der Waals surface area contributed by atoms with Crippen LogP contribution in [0.4, 0.5) is 0 Å². The first kappa shape index (κ1) is 20.2. The Balaban J connectivity index is 1.45. The van der Waals surface area contributed by atoms with Crippen molar-refractivity contribution in [3.63, 3.8) is 0 Å². The quantitative estimate of drug-likeness (QED) is 0.343. The van der Waals surface area contributed by atoms with E-state index in [1.165, 1.54) is 54.6 Å². The number of rotatable bonds is 6. The number of fused-ring (bicyclic) bond motifs is 1. The smallest absolute Gasteiger partial charge is 0.271 e. The molecular formula is C27H28N2OS. The van der Waals surface area contributed by atoms with Crippen LogP contribution in [0.25, 0.3) is 21.6 Å². The Morgan fingerprint density at radius 1 is 0.903 bits per heavy atom. The summed E-state index contributed by atoms with van der Waals surface area (Å²) in [5.74, 6) is 1.54. The fourth-order valence-corrected chi connectivity index (χ4v) is 5.54. The van der Waals surface area contributed by atoms with Crippen molar-refractivity contribution in [3.05, 3.63) is 87.5 Å². The fraction of sp³-hybridized carbons (Fsp3) is 0.333. The molecule has 2 heterocycles. The molecule has 4 heteroatoms. The topological polar surface area (TPSA) is 34.9 Å². The van der Waals surface area contributed by atoms with E-state index in [4.69, 9.17) is 4.98 Å². The molecule has 5 rings (SSSR count). The molecule has 2 aromatic heterocycles. The van der Waals surface area contributed by atoms with Crippen molar-refractivity contribution < 1.29 is 0 Å². The number of hydrogen-bond acceptors (Lipinski definition) is 3. The van der Waals surface area contributed by atoms with E-state index in [2.05, 4.69) is 48.5 Å². The SMILES string of the molecule is O=c1c2sccc2nc(-c2ccc(Cc3ccccc3)cc2)n1CCC1CCCCC1. The third-order valence-corrected chi connectivity index (χ3v) is 7.41. The highest BCUT2D eigenvalue weighted by molar-refractivity contribution is 7.17. The van der Waals surface area contributed by atoms with Crippen LogP contribution in [0, 0.1) is 5.92 Å². The molecule has 1 saturated carbocycles. The number of nitrogens with zero attached hydrogens (tertiary/aromatic N) is 2. The molecule has 0 spiro atoms. The van der Waals surface area contributed by atoms with Gasteiger partial charge in [-0.25, -0.2) is 4.98 Å². The summed E-state index contributed by atoms with van der Waals surface area (Å²) < 4.78 is 2.70. The van der Waals surface area contributed by atoms with Crippen LogP contribution in [0.5, 0.6) is 0 Å². The molecule has 31 heavy (non-hydrogen) atoms. The van der Waals surface area contributed by atoms with Gasteiger partial charge in [-0.05, 0) is 41.3 Å². The van der Waals surface area contributed by atoms with Crippen molar-refractivity contribution in [2.75, 3.05) is 0 Å². The zero-order chi connectivity index (χ0) is 21.0. The second-order valence-electron chi connectivity index (χ2n) is 8.68. The third-order valence-electron chi connectivity index (χ3n) is 6.51. The average molecular weight is 429 g/mol. The lowest BCUT2D eigenvalue weighted by Crippen LogP contribution is -2.24. The summed E-state index contributed by atoms with van der Waals surface area (Å²) in [5.41, 5.74) is 4.51. The van der Waals surface area contributed by atoms with Crippen LogP contribution in [0.3, 0.4) is 0 Å². The summed E-state index contributed by atoms with van der Waals surface area (Å²) in [4.78, 5) is 18.2. The first-order valence-corrected chi connectivity index (χ1v) is 12.3. The number of thiophene rings is 1. The number of aromatic nitrogens is 2. The van der Waals surface area contributed by atoms with Crippen LogP contribution in [0.15, 0.2) is 70.8 Å². The van der Waals surface area contributed by atoms with E-state index in [0.29, 0.717) is 0 Å². The summed E-state index contributed by atoms with van der Waals surface area (Å²) >= 11 is 1.50. The summed E-state index contributed by atoms with van der Waals surface area (Å²) in [5, 5.41) is 1.97. The largest absolute Gasteiger partial charge is 0.291 e. The summed E-state index contributed by atoms with van der Waals surface area (Å²) in [6, 6.07) is 21.0. The van der Waals surface area contributed by atoms with Crippen LogP contribution in [-0.2, 0) is 13.0 Å². The van der Waals surface area contributed by atoms with Gasteiger partial charge in [-0.3, -0.25) is 9.36 Å². The van der Waals surface area contributed by atoms with Crippen LogP contribution in [0.1, 0.15) is 49.7 Å². The molecule has 0 radical (unpaired) electrons. The predicted octanol–water partition coefficient (Wildman–Crippen LogP) is 6.69. The molecule has 2 aromatic carbocycles. The highest BCUT2D eigenvalue weighted by Gasteiger charge is 2.17. The molecule has 0 bridgehead atoms. The van der Waals surface area contributed by atoms with Crippen molar-refractivity contribution in [3.8, 4) is 11.4 Å². The van der Waals surface area contributed by atoms with E-state index in [1.54, 1.807) is 0 Å². The van der Waals surface area contributed by atoms with Gasteiger partial charge in [-0.15, -0.1) is 11.3 Å². The van der Waals surface area contributed by atoms with Gasteiger partial charge in [-0.1, -0.05) is 86.7 Å². The van der Waals surface area contributed by atoms with E-state index in [-0.39, 0.29) is 5.56 Å². The minimum Gasteiger partial charge on any atom is -0.291 e. The summed E-state index contributed by atoms with van der Waals surface area (Å²) in [6.45, 7) is 0.755. The monoisotopic (exact) mass is 428 g/mol. The fourth-order valence-electron chi connectivity index (χ4n) is 4.76. The molecule has 0 N–H and O–H groups in total. The van der Waals surface area contributed by atoms with Crippen molar-refractivity contribution in [2.45, 2.75) is 51.5 Å². The molecular weight excluding hydrogens is 400 g/mol. The van der Waals surface area contributed by atoms with Crippen molar-refractivity contribution in [1.29, 1.82) is 0 Å². The van der Waals surface area contributed by atoms with Crippen molar-refractivity contribution in [2.24, 2.45) is 5.92 Å². The zero-order valence-corrected chi connectivity index (χ0v) is 18.6. The Kier molecular flexibility index (Phi) is 5.99. The molecule has 1 aliphatic carbocycles. The van der Waals surface area contributed by atoms with Gasteiger partial charge in [0.1, 0.15) is 10.5 Å². The van der Waals surface area contributed by atoms with Gasteiger partial charge >= 0.3 is 0 Å². The van der Waals surface area contributed by atoms with E-state index < -0.39 is 0 Å². The first-order valence-electron chi connectivity index (χ1n) is 11.4. The van der Waals surface area contributed by atoms with Crippen molar-refractivity contribution in [1.82, 2.24) is 9.55 Å². The van der Waals surface area contributed by atoms with Crippen LogP contribution in [0.2, 0.25) is 0 Å². The van der Waals surface area contributed by atoms with Crippen LogP contribution < -0.4 is 5.56 Å². The number of hydrogen-bond donors (Lipinski definition) is 0. The molecule has 158 valence electrons. The highest BCUT2D eigenvalue weighted by Crippen LogP contribution is 2.28. The van der Waals surface area contributed by atoms with Crippen LogP contribution in [-0.4, -0.2) is 9.55 Å². The summed E-state index contributed by atoms with van der Waals surface area (Å²) in [6.07, 6.45) is 8.60. The van der Waals surface area contributed by atoms with E-state index in [9.17, 15) is 4.79 Å². The average Bonchev–Trinajstić information content (AvgIpc) is 3.29. The van der Waals surface area contributed by atoms with Gasteiger partial charge in [-0.2, -0.15) is 0 Å². The standard InChI is InChI=1S/C27H28N2OS/c30-27-25-24(16-18-31-25)28-26(29(27)17-15-20-7-3-1-4-8-20)23-13-11-22(12-14-23)19-21-9-5-2-6-10-21/h2,5-6,9-14,16,18,20H,1,3-4,7-8,15,17,19H2. The second kappa shape index (κ2) is 9.19. The summed E-state index contributed by atoms with van der Waals surface area (Å²) in [7, 11) is 0. The molecule has 0 unspecified atom stereocenters. The lowest BCUT2D eigenvalue weighted by molar-refractivity contribution is 0.323. The van der Waals surface area contributed by atoms with Crippen LogP contribution >= 0.6 is 11.3 Å². The zero-order valence-electron chi connectivity index (χ0n) is 17.8. The second-order valence-corrected chi connectivity index (χ2v) is 9.60. The normalized spacial score (nSPS) is 14.8. The van der Waals surface area contributed by atoms with Gasteiger partial charge < -0.3 is 0 Å². The van der Waals surface area contributed by atoms with Gasteiger partial charge in [0.05, 0.1) is 5.52 Å². The minimum absolute atomic E-state index is 0.110. The Labute approximate surface area is 187 Å². The third kappa shape index (κ3) is 4.49. The molecule has 0 atom stereocenters. The molecule has 0 aliphatic heterocycles. The Morgan fingerprint density at radius 2 is 1.65 bits per heavy atom. The van der Waals surface area contributed by atoms with Gasteiger partial charge in [0.25, 0.3) is 5.56 Å². The number of benzene rings is 2. The van der Waals surface area contributed by atoms with E-state index >= 15 is 0 Å². The first-order chi connectivity index (χ1) is 15.3. The van der Waals surface area contributed by atoms with Gasteiger partial charge in [0.15, 0.2) is 0 Å². The predicted molar refractivity (Wildman–Crippen MR) is 130 cm³/mol. The lowest BCUT2D eigenvalue weighted by Gasteiger charge is -2.22. The minimum atomic E-state index is 0.110. The van der Waals surface area contributed by atoms with Gasteiger partial charge in [0, 0.05) is 12.1 Å². The maximum Gasteiger partial charge on any atom is 0.271 e. The highest BCUT2D eigenvalue weighted by atomic mass is 32.1. The Hall–Kier alpha value is -2.72. The van der Waals surface area contributed by atoms with E-state index in [0.717, 1.165) is 46.9 Å². The van der Waals surface area contributed by atoms with Crippen molar-refractivity contribution >= 4 is 21.6 Å². The Morgan fingerprint density at radius 3 is 2.42 bits per heavy atom. The molecule has 4 aromatic rings. The molecule has 0 saturated heterocycles. The molecule has 1 aliphatic rings. The molecule has 1 fully saturated rings. The Bertz CT molecular complexity index is 1200. The molecule has 3 nitrogen and oxygen atoms in total. The lowest BCUT2D eigenvalue weighted by atomic mass is 9.87. The van der Waals surface area contributed by atoms with E-state index in [1.807, 2.05) is 22.1 Å². The molecule has 0 amide bonds. The maximum atomic E-state index is 13.3.